The second kappa shape index (κ2) is 11.0. The van der Waals surface area contributed by atoms with Crippen molar-refractivity contribution in [1.82, 2.24) is 14.9 Å². The van der Waals surface area contributed by atoms with E-state index >= 15 is 0 Å². The van der Waals surface area contributed by atoms with Crippen LogP contribution in [0.1, 0.15) is 46.1 Å². The fraction of sp³-hybridized carbons (Fsp3) is 0.559. The molecule has 3 aliphatic carbocycles. The van der Waals surface area contributed by atoms with Crippen molar-refractivity contribution in [1.29, 1.82) is 0 Å². The molecule has 0 radical (unpaired) electrons. The number of rotatable bonds is 8. The lowest BCUT2D eigenvalue weighted by atomic mass is 9.45. The molecule has 1 saturated heterocycles. The van der Waals surface area contributed by atoms with Gasteiger partial charge in [0.2, 0.25) is 5.91 Å². The average molecular weight is 576 g/mol. The minimum atomic E-state index is -0.845. The first-order valence-corrected chi connectivity index (χ1v) is 15.3. The summed E-state index contributed by atoms with van der Waals surface area (Å²) in [5.74, 6) is 1.56. The molecule has 3 aromatic rings. The number of carbonyl (C=O) groups is 1. The molecular weight excluding hydrogens is 530 g/mol. The van der Waals surface area contributed by atoms with Crippen LogP contribution in [0.25, 0.3) is 22.0 Å². The summed E-state index contributed by atoms with van der Waals surface area (Å²) in [5.41, 5.74) is 4.32. The lowest BCUT2D eigenvalue weighted by Crippen LogP contribution is -2.62. The highest BCUT2D eigenvalue weighted by Crippen LogP contribution is 2.61. The Kier molecular flexibility index (Phi) is 7.63. The van der Waals surface area contributed by atoms with E-state index in [1.807, 2.05) is 31.3 Å². The van der Waals surface area contributed by atoms with Gasteiger partial charge in [0.25, 0.3) is 0 Å². The number of aryl methyl sites for hydroxylation is 1. The molecule has 3 N–H and O–H groups in total. The maximum atomic E-state index is 14.1. The van der Waals surface area contributed by atoms with Crippen LogP contribution in [0.2, 0.25) is 0 Å². The van der Waals surface area contributed by atoms with Crippen LogP contribution in [0.3, 0.4) is 0 Å². The summed E-state index contributed by atoms with van der Waals surface area (Å²) in [6, 6.07) is 13.7. The highest BCUT2D eigenvalue weighted by Gasteiger charge is 2.57. The number of amides is 1. The molecule has 3 saturated carbocycles. The quantitative estimate of drug-likeness (QED) is 0.366. The van der Waals surface area contributed by atoms with Gasteiger partial charge in [0.15, 0.2) is 0 Å². The highest BCUT2D eigenvalue weighted by molar-refractivity contribution is 5.97. The van der Waals surface area contributed by atoms with Crippen LogP contribution in [-0.4, -0.2) is 63.8 Å². The highest BCUT2D eigenvalue weighted by atomic mass is 16.7. The van der Waals surface area contributed by atoms with Crippen LogP contribution in [-0.2, 0) is 23.2 Å². The van der Waals surface area contributed by atoms with E-state index in [0.29, 0.717) is 28.9 Å². The minimum Gasteiger partial charge on any atom is -0.496 e. The van der Waals surface area contributed by atoms with Crippen molar-refractivity contribution >= 4 is 16.8 Å². The number of nitrogens with zero attached hydrogens (tertiary/aromatic N) is 2. The van der Waals surface area contributed by atoms with E-state index in [0.717, 1.165) is 34.0 Å². The van der Waals surface area contributed by atoms with Crippen LogP contribution in [0.15, 0.2) is 48.7 Å². The smallest absolute Gasteiger partial charge is 0.240 e. The van der Waals surface area contributed by atoms with Gasteiger partial charge in [-0.1, -0.05) is 51.1 Å². The molecule has 2 heterocycles. The molecule has 4 aliphatic rings. The van der Waals surface area contributed by atoms with Gasteiger partial charge in [-0.25, -0.2) is 0 Å². The van der Waals surface area contributed by atoms with Crippen LogP contribution in [0.4, 0.5) is 0 Å². The predicted molar refractivity (Wildman–Crippen MR) is 162 cm³/mol. The van der Waals surface area contributed by atoms with Crippen molar-refractivity contribution in [2.45, 2.75) is 71.4 Å². The van der Waals surface area contributed by atoms with Gasteiger partial charge in [-0.3, -0.25) is 9.63 Å². The molecule has 1 aromatic heterocycles. The second-order valence-electron chi connectivity index (χ2n) is 13.4. The standard InChI is InChI=1S/C34H45N3O5/c1-19-26-15-22(34(26,3)4)16-27(19)35-33(40)31-30(20(2)39)29(18-38)42-37(31)17-21-9-7-11-25(32(21)41-6)23-10-8-12-28-24(23)13-14-36(28)5/h7-14,19-20,22,26-27,29-31,38-39H,15-18H2,1-6H3,(H,35,40)/t19-,20-,22+,26+,27-,29-,30-,31-/m0/s1. The van der Waals surface area contributed by atoms with Crippen LogP contribution in [0, 0.1) is 29.1 Å². The third-order valence-electron chi connectivity index (χ3n) is 10.9. The number of aliphatic hydroxyl groups excluding tert-OH is 2. The van der Waals surface area contributed by atoms with Gasteiger partial charge in [0.05, 0.1) is 26.4 Å². The van der Waals surface area contributed by atoms with Crippen LogP contribution < -0.4 is 10.1 Å². The molecule has 8 heteroatoms. The average Bonchev–Trinajstić information content (AvgIpc) is 3.54. The first kappa shape index (κ1) is 29.2. The summed E-state index contributed by atoms with van der Waals surface area (Å²) in [4.78, 5) is 20.3. The third kappa shape index (κ3) is 4.64. The number of fused-ring (bicyclic) bond motifs is 3. The molecule has 42 heavy (non-hydrogen) atoms. The number of methoxy groups -OCH3 is 1. The number of benzene rings is 2. The first-order chi connectivity index (χ1) is 20.1. The first-order valence-electron chi connectivity index (χ1n) is 15.3. The van der Waals surface area contributed by atoms with Gasteiger partial charge < -0.3 is 24.8 Å². The van der Waals surface area contributed by atoms with Gasteiger partial charge in [-0.05, 0) is 60.6 Å². The van der Waals surface area contributed by atoms with E-state index in [1.54, 1.807) is 19.1 Å². The Bertz CT molecular complexity index is 1460. The Balaban J connectivity index is 1.31. The maximum Gasteiger partial charge on any atom is 0.240 e. The summed E-state index contributed by atoms with van der Waals surface area (Å²) in [5, 5.41) is 27.1. The van der Waals surface area contributed by atoms with Gasteiger partial charge in [-0.15, -0.1) is 0 Å². The fourth-order valence-electron chi connectivity index (χ4n) is 8.35. The Morgan fingerprint density at radius 2 is 1.90 bits per heavy atom. The third-order valence-corrected chi connectivity index (χ3v) is 10.9. The molecule has 8 nitrogen and oxygen atoms in total. The SMILES string of the molecule is COc1c(CN2O[C@@H](CO)[C@H]([C@H](C)O)[C@H]2C(=O)N[C@H]2C[C@H]3C[C@H]([C@@H]2C)C3(C)C)cccc1-c1cccc2c1ccn2C. The van der Waals surface area contributed by atoms with Crippen LogP contribution in [0.5, 0.6) is 5.75 Å². The lowest BCUT2D eigenvalue weighted by molar-refractivity contribution is -0.183. The number of hydrogen-bond acceptors (Lipinski definition) is 6. The zero-order valence-corrected chi connectivity index (χ0v) is 25.6. The zero-order chi connectivity index (χ0) is 29.9. The van der Waals surface area contributed by atoms with E-state index in [2.05, 4.69) is 55.1 Å². The van der Waals surface area contributed by atoms with Crippen LogP contribution >= 0.6 is 0 Å². The van der Waals surface area contributed by atoms with E-state index < -0.39 is 24.2 Å². The summed E-state index contributed by atoms with van der Waals surface area (Å²) < 4.78 is 8.10. The van der Waals surface area contributed by atoms with Crippen molar-refractivity contribution in [3.05, 3.63) is 54.2 Å². The fourth-order valence-corrected chi connectivity index (χ4v) is 8.35. The maximum absolute atomic E-state index is 14.1. The molecular formula is C34H45N3O5. The molecule has 8 atom stereocenters. The number of nitrogens with one attached hydrogen (secondary N) is 1. The topological polar surface area (TPSA) is 96.2 Å². The summed E-state index contributed by atoms with van der Waals surface area (Å²) in [6.07, 6.45) is 2.71. The molecule has 2 bridgehead atoms. The van der Waals surface area contributed by atoms with Crippen molar-refractivity contribution < 1.29 is 24.6 Å². The number of aromatic nitrogens is 1. The number of hydrogen-bond donors (Lipinski definition) is 3. The Labute approximate surface area is 248 Å². The molecule has 0 unspecified atom stereocenters. The number of hydroxylamine groups is 2. The van der Waals surface area contributed by atoms with E-state index in [9.17, 15) is 15.0 Å². The number of para-hydroxylation sites is 1. The molecule has 226 valence electrons. The van der Waals surface area contributed by atoms with Crippen molar-refractivity contribution in [3.63, 3.8) is 0 Å². The molecule has 1 aliphatic heterocycles. The molecule has 4 fully saturated rings. The summed E-state index contributed by atoms with van der Waals surface area (Å²) in [7, 11) is 3.69. The second-order valence-corrected chi connectivity index (χ2v) is 13.4. The molecule has 2 aromatic carbocycles. The number of ether oxygens (including phenoxy) is 1. The monoisotopic (exact) mass is 575 g/mol. The van der Waals surface area contributed by atoms with Crippen molar-refractivity contribution in [3.8, 4) is 16.9 Å². The van der Waals surface area contributed by atoms with Crippen molar-refractivity contribution in [2.24, 2.45) is 36.1 Å². The lowest BCUT2D eigenvalue weighted by Gasteiger charge is -2.62. The Morgan fingerprint density at radius 3 is 2.57 bits per heavy atom. The molecule has 1 amide bonds. The Morgan fingerprint density at radius 1 is 1.17 bits per heavy atom. The summed E-state index contributed by atoms with van der Waals surface area (Å²) >= 11 is 0. The largest absolute Gasteiger partial charge is 0.496 e. The normalized spacial score (nSPS) is 31.1. The van der Waals surface area contributed by atoms with Gasteiger partial charge in [-0.2, -0.15) is 5.06 Å². The summed E-state index contributed by atoms with van der Waals surface area (Å²) in [6.45, 7) is 8.59. The van der Waals surface area contributed by atoms with E-state index in [4.69, 9.17) is 9.57 Å². The Hall–Kier alpha value is -2.91. The number of carbonyl (C=O) groups excluding carboxylic acids is 1. The zero-order valence-electron chi connectivity index (χ0n) is 25.6. The van der Waals surface area contributed by atoms with Crippen molar-refractivity contribution in [2.75, 3.05) is 13.7 Å². The van der Waals surface area contributed by atoms with E-state index in [-0.39, 0.29) is 25.1 Å². The van der Waals surface area contributed by atoms with Gasteiger partial charge in [0, 0.05) is 47.2 Å². The minimum absolute atomic E-state index is 0.0863. The van der Waals surface area contributed by atoms with E-state index in [1.165, 1.54) is 6.42 Å². The predicted octanol–water partition coefficient (Wildman–Crippen LogP) is 4.51. The molecule has 0 spiro atoms. The number of aliphatic hydroxyl groups is 2. The molecule has 7 rings (SSSR count). The van der Waals surface area contributed by atoms with Gasteiger partial charge in [0.1, 0.15) is 17.9 Å². The van der Waals surface area contributed by atoms with Gasteiger partial charge >= 0.3 is 0 Å².